The maximum Gasteiger partial charge on any atom is 0.193 e. The molecule has 0 radical (unpaired) electrons. The molecule has 0 saturated carbocycles. The Hall–Kier alpha value is -1.64. The first-order valence-electron chi connectivity index (χ1n) is 6.56. The number of fused-ring (bicyclic) bond motifs is 1. The molecule has 0 fully saturated rings. The largest absolute Gasteiger partial charge is 0.289 e. The monoisotopic (exact) mass is 358 g/mol. The fraction of sp³-hybridized carbons (Fsp3) is 0.0556. The van der Waals surface area contributed by atoms with Gasteiger partial charge >= 0.3 is 0 Å². The van der Waals surface area contributed by atoms with E-state index in [-0.39, 0.29) is 5.78 Å². The van der Waals surface area contributed by atoms with Crippen molar-refractivity contribution < 1.29 is 4.79 Å². The first kappa shape index (κ1) is 14.3. The third-order valence-corrected chi connectivity index (χ3v) is 4.73. The molecule has 0 spiro atoms. The minimum Gasteiger partial charge on any atom is -0.289 e. The zero-order chi connectivity index (χ0) is 15.0. The van der Waals surface area contributed by atoms with Crippen molar-refractivity contribution >= 4 is 44.1 Å². The first-order valence-corrected chi connectivity index (χ1v) is 7.73. The highest BCUT2D eigenvalue weighted by atomic mass is 79.9. The lowest BCUT2D eigenvalue weighted by molar-refractivity contribution is 0.104. The van der Waals surface area contributed by atoms with E-state index in [1.54, 1.807) is 12.1 Å². The molecule has 0 N–H and O–H groups in total. The molecule has 0 aliphatic heterocycles. The van der Waals surface area contributed by atoms with Gasteiger partial charge in [0.25, 0.3) is 0 Å². The van der Waals surface area contributed by atoms with Crippen molar-refractivity contribution in [1.29, 1.82) is 0 Å². The van der Waals surface area contributed by atoms with Crippen molar-refractivity contribution in [3.63, 3.8) is 0 Å². The Labute approximate surface area is 136 Å². The smallest absolute Gasteiger partial charge is 0.193 e. The molecule has 3 rings (SSSR count). The molecular weight excluding hydrogens is 348 g/mol. The van der Waals surface area contributed by atoms with E-state index < -0.39 is 0 Å². The summed E-state index contributed by atoms with van der Waals surface area (Å²) >= 11 is 9.68. The summed E-state index contributed by atoms with van der Waals surface area (Å²) < 4.78 is 0.937. The Bertz CT molecular complexity index is 855. The standard InChI is InChI=1S/C18H12BrClO/c1-11-6-7-12(10-16(11)19)18(21)15-8-9-17(20)14-5-3-2-4-13(14)15/h2-10H,1H3. The topological polar surface area (TPSA) is 17.1 Å². The highest BCUT2D eigenvalue weighted by Crippen LogP contribution is 2.28. The summed E-state index contributed by atoms with van der Waals surface area (Å²) in [6.07, 6.45) is 0. The predicted octanol–water partition coefficient (Wildman–Crippen LogP) is 5.80. The van der Waals surface area contributed by atoms with Gasteiger partial charge < -0.3 is 0 Å². The summed E-state index contributed by atoms with van der Waals surface area (Å²) in [6.45, 7) is 2.00. The molecule has 1 nitrogen and oxygen atoms in total. The van der Waals surface area contributed by atoms with Crippen LogP contribution in [0.3, 0.4) is 0 Å². The van der Waals surface area contributed by atoms with Crippen LogP contribution in [0.4, 0.5) is 0 Å². The van der Waals surface area contributed by atoms with Crippen molar-refractivity contribution in [1.82, 2.24) is 0 Å². The summed E-state index contributed by atoms with van der Waals surface area (Å²) in [5.41, 5.74) is 2.44. The number of carbonyl (C=O) groups is 1. The van der Waals surface area contributed by atoms with Crippen LogP contribution in [0.15, 0.2) is 59.1 Å². The molecule has 0 saturated heterocycles. The summed E-state index contributed by atoms with van der Waals surface area (Å²) in [5.74, 6) is 0.00330. The molecular formula is C18H12BrClO. The van der Waals surface area contributed by atoms with Crippen LogP contribution in [-0.2, 0) is 0 Å². The van der Waals surface area contributed by atoms with Crippen LogP contribution < -0.4 is 0 Å². The van der Waals surface area contributed by atoms with Gasteiger partial charge in [-0.1, -0.05) is 63.9 Å². The van der Waals surface area contributed by atoms with Crippen LogP contribution in [0.1, 0.15) is 21.5 Å². The third kappa shape index (κ3) is 2.61. The van der Waals surface area contributed by atoms with Gasteiger partial charge in [-0.25, -0.2) is 0 Å². The van der Waals surface area contributed by atoms with Crippen molar-refractivity contribution in [3.8, 4) is 0 Å². The Balaban J connectivity index is 2.18. The van der Waals surface area contributed by atoms with Crippen molar-refractivity contribution in [2.75, 3.05) is 0 Å². The number of rotatable bonds is 2. The van der Waals surface area contributed by atoms with E-state index in [2.05, 4.69) is 15.9 Å². The predicted molar refractivity (Wildman–Crippen MR) is 91.3 cm³/mol. The van der Waals surface area contributed by atoms with Gasteiger partial charge in [0.2, 0.25) is 0 Å². The molecule has 0 atom stereocenters. The fourth-order valence-corrected chi connectivity index (χ4v) is 2.96. The Kier molecular flexibility index (Phi) is 3.83. The SMILES string of the molecule is Cc1ccc(C(=O)c2ccc(Cl)c3ccccc23)cc1Br. The molecule has 21 heavy (non-hydrogen) atoms. The van der Waals surface area contributed by atoms with Crippen molar-refractivity contribution in [3.05, 3.63) is 80.8 Å². The van der Waals surface area contributed by atoms with Gasteiger partial charge in [0.05, 0.1) is 0 Å². The maximum atomic E-state index is 12.8. The second-order valence-electron chi connectivity index (χ2n) is 4.93. The van der Waals surface area contributed by atoms with E-state index in [0.29, 0.717) is 16.1 Å². The third-order valence-electron chi connectivity index (χ3n) is 3.55. The highest BCUT2D eigenvalue weighted by molar-refractivity contribution is 9.10. The summed E-state index contributed by atoms with van der Waals surface area (Å²) in [6, 6.07) is 16.9. The van der Waals surface area contributed by atoms with E-state index in [1.807, 2.05) is 49.4 Å². The number of hydrogen-bond acceptors (Lipinski definition) is 1. The quantitative estimate of drug-likeness (QED) is 0.529. The van der Waals surface area contributed by atoms with Gasteiger partial charge in [0, 0.05) is 26.0 Å². The van der Waals surface area contributed by atoms with Crippen LogP contribution in [0.5, 0.6) is 0 Å². The highest BCUT2D eigenvalue weighted by Gasteiger charge is 2.14. The molecule has 3 heteroatoms. The lowest BCUT2D eigenvalue weighted by Gasteiger charge is -2.08. The number of hydrogen-bond donors (Lipinski definition) is 0. The number of halogens is 2. The van der Waals surface area contributed by atoms with E-state index in [0.717, 1.165) is 20.8 Å². The lowest BCUT2D eigenvalue weighted by atomic mass is 9.97. The zero-order valence-electron chi connectivity index (χ0n) is 11.4. The number of carbonyl (C=O) groups excluding carboxylic acids is 1. The van der Waals surface area contributed by atoms with E-state index in [9.17, 15) is 4.79 Å². The summed E-state index contributed by atoms with van der Waals surface area (Å²) in [7, 11) is 0. The number of aryl methyl sites for hydroxylation is 1. The molecule has 0 bridgehead atoms. The van der Waals surface area contributed by atoms with Crippen LogP contribution in [-0.4, -0.2) is 5.78 Å². The normalized spacial score (nSPS) is 10.8. The van der Waals surface area contributed by atoms with Crippen molar-refractivity contribution in [2.24, 2.45) is 0 Å². The molecule has 0 aliphatic rings. The van der Waals surface area contributed by atoms with Crippen LogP contribution in [0.25, 0.3) is 10.8 Å². The second-order valence-corrected chi connectivity index (χ2v) is 6.20. The Morgan fingerprint density at radius 2 is 1.71 bits per heavy atom. The number of ketones is 1. The van der Waals surface area contributed by atoms with Crippen molar-refractivity contribution in [2.45, 2.75) is 6.92 Å². The molecule has 0 aliphatic carbocycles. The fourth-order valence-electron chi connectivity index (χ4n) is 2.35. The van der Waals surface area contributed by atoms with E-state index in [1.165, 1.54) is 0 Å². The summed E-state index contributed by atoms with van der Waals surface area (Å²) in [4.78, 5) is 12.8. The first-order chi connectivity index (χ1) is 10.1. The maximum absolute atomic E-state index is 12.8. The van der Waals surface area contributed by atoms with Crippen LogP contribution in [0, 0.1) is 6.92 Å². The van der Waals surface area contributed by atoms with Gasteiger partial charge in [0.1, 0.15) is 0 Å². The van der Waals surface area contributed by atoms with Gasteiger partial charge in [0.15, 0.2) is 5.78 Å². The number of benzene rings is 3. The summed E-state index contributed by atoms with van der Waals surface area (Å²) in [5, 5.41) is 2.44. The Morgan fingerprint density at radius 3 is 2.43 bits per heavy atom. The van der Waals surface area contributed by atoms with Crippen LogP contribution in [0.2, 0.25) is 5.02 Å². The molecule has 0 heterocycles. The molecule has 0 amide bonds. The molecule has 3 aromatic rings. The average molecular weight is 360 g/mol. The van der Waals surface area contributed by atoms with Gasteiger partial charge in [-0.05, 0) is 36.1 Å². The van der Waals surface area contributed by atoms with Gasteiger partial charge in [-0.3, -0.25) is 4.79 Å². The van der Waals surface area contributed by atoms with E-state index in [4.69, 9.17) is 11.6 Å². The Morgan fingerprint density at radius 1 is 1.00 bits per heavy atom. The second kappa shape index (κ2) is 5.63. The lowest BCUT2D eigenvalue weighted by Crippen LogP contribution is -2.02. The molecule has 0 unspecified atom stereocenters. The van der Waals surface area contributed by atoms with Gasteiger partial charge in [-0.15, -0.1) is 0 Å². The van der Waals surface area contributed by atoms with Crippen LogP contribution >= 0.6 is 27.5 Å². The average Bonchev–Trinajstić information content (AvgIpc) is 2.50. The minimum atomic E-state index is 0.00330. The molecule has 3 aromatic carbocycles. The molecule has 0 aromatic heterocycles. The minimum absolute atomic E-state index is 0.00330. The molecule has 104 valence electrons. The van der Waals surface area contributed by atoms with Gasteiger partial charge in [-0.2, -0.15) is 0 Å². The zero-order valence-corrected chi connectivity index (χ0v) is 13.7. The van der Waals surface area contributed by atoms with E-state index >= 15 is 0 Å².